The number of imidazole rings is 1. The van der Waals surface area contributed by atoms with Gasteiger partial charge in [0.2, 0.25) is 5.28 Å². The van der Waals surface area contributed by atoms with Crippen molar-refractivity contribution < 1.29 is 9.26 Å². The number of hydrogen-bond donors (Lipinski definition) is 2. The molecule has 10 heteroatoms. The highest BCUT2D eigenvalue weighted by Crippen LogP contribution is 2.31. The number of nitrogens with two attached hydrogens (primary N) is 1. The maximum absolute atomic E-state index is 6.16. The Morgan fingerprint density at radius 2 is 2.09 bits per heavy atom. The van der Waals surface area contributed by atoms with Crippen LogP contribution < -0.4 is 15.8 Å². The third-order valence-electron chi connectivity index (χ3n) is 6.30. The zero-order valence-corrected chi connectivity index (χ0v) is 19.2. The zero-order chi connectivity index (χ0) is 22.8. The summed E-state index contributed by atoms with van der Waals surface area (Å²) in [4.78, 5) is 13.4. The average molecular weight is 468 g/mol. The van der Waals surface area contributed by atoms with Gasteiger partial charge in [-0.3, -0.25) is 0 Å². The number of ether oxygens (including phenoxy) is 1. The Hall–Kier alpha value is -3.17. The SMILES string of the molecule is COc1ccc(-c2cnoc2)c(Cc2nc3c(N)nc(Cl)nc3n2CCC2CCNCC2)c1. The van der Waals surface area contributed by atoms with Crippen LogP contribution in [0, 0.1) is 5.92 Å². The number of aromatic nitrogens is 5. The maximum atomic E-state index is 6.16. The minimum atomic E-state index is 0.126. The normalized spacial score (nSPS) is 14.7. The summed E-state index contributed by atoms with van der Waals surface area (Å²) in [5.74, 6) is 2.57. The molecule has 33 heavy (non-hydrogen) atoms. The molecule has 0 unspecified atom stereocenters. The van der Waals surface area contributed by atoms with E-state index in [1.165, 1.54) is 12.8 Å². The molecule has 1 aromatic carbocycles. The van der Waals surface area contributed by atoms with Gasteiger partial charge in [0, 0.05) is 18.5 Å². The number of rotatable bonds is 7. The molecule has 172 valence electrons. The van der Waals surface area contributed by atoms with Crippen molar-refractivity contribution in [2.45, 2.75) is 32.2 Å². The first-order valence-electron chi connectivity index (χ1n) is 11.1. The van der Waals surface area contributed by atoms with Crippen molar-refractivity contribution >= 4 is 28.6 Å². The monoisotopic (exact) mass is 467 g/mol. The average Bonchev–Trinajstić information content (AvgIpc) is 3.47. The number of nitrogens with one attached hydrogen (secondary N) is 1. The van der Waals surface area contributed by atoms with Gasteiger partial charge in [0.25, 0.3) is 0 Å². The van der Waals surface area contributed by atoms with Crippen molar-refractivity contribution in [3.05, 3.63) is 47.3 Å². The molecule has 0 amide bonds. The lowest BCUT2D eigenvalue weighted by molar-refractivity contribution is 0.338. The van der Waals surface area contributed by atoms with E-state index in [2.05, 4.69) is 25.0 Å². The Morgan fingerprint density at radius 3 is 2.85 bits per heavy atom. The van der Waals surface area contributed by atoms with E-state index in [9.17, 15) is 0 Å². The molecule has 5 rings (SSSR count). The van der Waals surface area contributed by atoms with E-state index in [0.29, 0.717) is 23.5 Å². The van der Waals surface area contributed by atoms with E-state index >= 15 is 0 Å². The molecule has 4 aromatic rings. The molecule has 0 saturated carbocycles. The van der Waals surface area contributed by atoms with Gasteiger partial charge in [0.1, 0.15) is 17.8 Å². The van der Waals surface area contributed by atoms with Crippen molar-refractivity contribution in [2.24, 2.45) is 5.92 Å². The van der Waals surface area contributed by atoms with Crippen LogP contribution in [0.25, 0.3) is 22.3 Å². The molecular formula is C23H26ClN7O2. The molecule has 1 aliphatic rings. The summed E-state index contributed by atoms with van der Waals surface area (Å²) < 4.78 is 12.7. The maximum Gasteiger partial charge on any atom is 0.226 e. The van der Waals surface area contributed by atoms with Crippen LogP contribution in [0.1, 0.15) is 30.7 Å². The second kappa shape index (κ2) is 9.36. The highest BCUT2D eigenvalue weighted by molar-refractivity contribution is 6.28. The number of hydrogen-bond acceptors (Lipinski definition) is 8. The molecule has 3 aromatic heterocycles. The quantitative estimate of drug-likeness (QED) is 0.395. The summed E-state index contributed by atoms with van der Waals surface area (Å²) in [6, 6.07) is 5.95. The number of piperidine rings is 1. The number of aryl methyl sites for hydroxylation is 1. The Morgan fingerprint density at radius 1 is 1.24 bits per heavy atom. The van der Waals surface area contributed by atoms with Gasteiger partial charge in [0.15, 0.2) is 17.0 Å². The molecule has 3 N–H and O–H groups in total. The number of anilines is 1. The largest absolute Gasteiger partial charge is 0.497 e. The van der Waals surface area contributed by atoms with Crippen molar-refractivity contribution in [3.63, 3.8) is 0 Å². The summed E-state index contributed by atoms with van der Waals surface area (Å²) in [6.07, 6.45) is 7.28. The standard InChI is InChI=1S/C23H26ClN7O2/c1-32-17-2-3-18(16-12-27-33-13-16)15(10-17)11-19-28-20-21(25)29-23(24)30-22(20)31(19)9-6-14-4-7-26-8-5-14/h2-3,10,12-14,26H,4-9,11H2,1H3,(H2,25,29,30). The van der Waals surface area contributed by atoms with Gasteiger partial charge in [-0.15, -0.1) is 0 Å². The second-order valence-electron chi connectivity index (χ2n) is 8.32. The Balaban J connectivity index is 1.56. The van der Waals surface area contributed by atoms with Crippen molar-refractivity contribution in [2.75, 3.05) is 25.9 Å². The van der Waals surface area contributed by atoms with Crippen LogP contribution in [0.4, 0.5) is 5.82 Å². The molecule has 0 spiro atoms. The summed E-state index contributed by atoms with van der Waals surface area (Å²) in [5, 5.41) is 7.42. The van der Waals surface area contributed by atoms with E-state index in [1.54, 1.807) is 19.6 Å². The third-order valence-corrected chi connectivity index (χ3v) is 6.47. The minimum absolute atomic E-state index is 0.126. The molecule has 1 fully saturated rings. The Kier molecular flexibility index (Phi) is 6.15. The molecule has 1 saturated heterocycles. The smallest absolute Gasteiger partial charge is 0.226 e. The zero-order valence-electron chi connectivity index (χ0n) is 18.4. The number of benzene rings is 1. The molecule has 0 radical (unpaired) electrons. The molecule has 1 aliphatic heterocycles. The van der Waals surface area contributed by atoms with E-state index < -0.39 is 0 Å². The van der Waals surface area contributed by atoms with Crippen LogP contribution in [-0.4, -0.2) is 44.9 Å². The molecule has 4 heterocycles. The summed E-state index contributed by atoms with van der Waals surface area (Å²) in [6.45, 7) is 2.92. The number of fused-ring (bicyclic) bond motifs is 1. The number of nitrogens with zero attached hydrogens (tertiary/aromatic N) is 5. The van der Waals surface area contributed by atoms with Gasteiger partial charge in [0.05, 0.1) is 13.3 Å². The van der Waals surface area contributed by atoms with Crippen LogP contribution in [0.5, 0.6) is 5.75 Å². The molecule has 9 nitrogen and oxygen atoms in total. The summed E-state index contributed by atoms with van der Waals surface area (Å²) in [7, 11) is 1.66. The number of methoxy groups -OCH3 is 1. The van der Waals surface area contributed by atoms with Crippen molar-refractivity contribution in [3.8, 4) is 16.9 Å². The third kappa shape index (κ3) is 4.51. The minimum Gasteiger partial charge on any atom is -0.497 e. The summed E-state index contributed by atoms with van der Waals surface area (Å²) in [5.41, 5.74) is 10.4. The fraction of sp³-hybridized carbons (Fsp3) is 0.391. The molecule has 0 bridgehead atoms. The Labute approximate surface area is 196 Å². The van der Waals surface area contributed by atoms with Gasteiger partial charge in [-0.25, -0.2) is 4.98 Å². The number of nitrogen functional groups attached to an aromatic ring is 1. The molecular weight excluding hydrogens is 442 g/mol. The number of halogens is 1. The van der Waals surface area contributed by atoms with Gasteiger partial charge < -0.3 is 24.9 Å². The van der Waals surface area contributed by atoms with Crippen LogP contribution in [-0.2, 0) is 13.0 Å². The lowest BCUT2D eigenvalue weighted by Gasteiger charge is -2.23. The van der Waals surface area contributed by atoms with E-state index in [0.717, 1.165) is 54.3 Å². The lowest BCUT2D eigenvalue weighted by atomic mass is 9.94. The first-order valence-corrected chi connectivity index (χ1v) is 11.5. The van der Waals surface area contributed by atoms with Crippen LogP contribution >= 0.6 is 11.6 Å². The van der Waals surface area contributed by atoms with Gasteiger partial charge in [-0.05, 0) is 73.1 Å². The highest BCUT2D eigenvalue weighted by atomic mass is 35.5. The molecule has 0 atom stereocenters. The van der Waals surface area contributed by atoms with E-state index in [4.69, 9.17) is 31.6 Å². The van der Waals surface area contributed by atoms with Gasteiger partial charge in [-0.1, -0.05) is 11.2 Å². The van der Waals surface area contributed by atoms with Crippen LogP contribution in [0.2, 0.25) is 5.28 Å². The fourth-order valence-electron chi connectivity index (χ4n) is 4.52. The van der Waals surface area contributed by atoms with E-state index in [-0.39, 0.29) is 11.1 Å². The van der Waals surface area contributed by atoms with Crippen LogP contribution in [0.3, 0.4) is 0 Å². The highest BCUT2D eigenvalue weighted by Gasteiger charge is 2.20. The second-order valence-corrected chi connectivity index (χ2v) is 8.66. The van der Waals surface area contributed by atoms with Crippen molar-refractivity contribution in [1.82, 2.24) is 30.0 Å². The predicted molar refractivity (Wildman–Crippen MR) is 126 cm³/mol. The van der Waals surface area contributed by atoms with Crippen molar-refractivity contribution in [1.29, 1.82) is 0 Å². The first-order chi connectivity index (χ1) is 16.1. The fourth-order valence-corrected chi connectivity index (χ4v) is 4.70. The van der Waals surface area contributed by atoms with Gasteiger partial charge >= 0.3 is 0 Å². The predicted octanol–water partition coefficient (Wildman–Crippen LogP) is 3.71. The first kappa shape index (κ1) is 21.7. The summed E-state index contributed by atoms with van der Waals surface area (Å²) >= 11 is 6.16. The van der Waals surface area contributed by atoms with E-state index in [1.807, 2.05) is 18.2 Å². The topological polar surface area (TPSA) is 117 Å². The lowest BCUT2D eigenvalue weighted by Crippen LogP contribution is -2.28. The Bertz CT molecular complexity index is 1250. The van der Waals surface area contributed by atoms with Crippen LogP contribution in [0.15, 0.2) is 35.2 Å². The molecule has 0 aliphatic carbocycles. The van der Waals surface area contributed by atoms with Gasteiger partial charge in [-0.2, -0.15) is 9.97 Å².